The SMILES string of the molecule is [Ce+3].[Co+2].[Ni+2].[OH-].[OH-].[OH-].[OH-].[OH-].[OH-].[OH-]. The van der Waals surface area contributed by atoms with Gasteiger partial charge in [-0.25, -0.2) is 0 Å². The van der Waals surface area contributed by atoms with E-state index in [-0.39, 0.29) is 113 Å². The Morgan fingerprint density at radius 1 is 0.400 bits per heavy atom. The molecule has 0 atom stereocenters. The van der Waals surface area contributed by atoms with Gasteiger partial charge in [-0.1, -0.05) is 0 Å². The molecule has 0 aromatic heterocycles. The van der Waals surface area contributed by atoms with Crippen LogP contribution in [0, 0.1) is 41.7 Å². The van der Waals surface area contributed by atoms with E-state index in [4.69, 9.17) is 0 Å². The van der Waals surface area contributed by atoms with Crippen molar-refractivity contribution in [3.63, 3.8) is 0 Å². The van der Waals surface area contributed by atoms with Crippen LogP contribution in [0.1, 0.15) is 0 Å². The third kappa shape index (κ3) is 190. The maximum Gasteiger partial charge on any atom is 3.00 e. The molecule has 0 aliphatic heterocycles. The average molecular weight is 377 g/mol. The van der Waals surface area contributed by atoms with Gasteiger partial charge >= 0.3 is 75.0 Å². The molecule has 0 amide bonds. The molecule has 0 saturated heterocycles. The quantitative estimate of drug-likeness (QED) is 0.468. The van der Waals surface area contributed by atoms with E-state index in [0.29, 0.717) is 0 Å². The summed E-state index contributed by atoms with van der Waals surface area (Å²) < 4.78 is 0. The Morgan fingerprint density at radius 2 is 0.400 bits per heavy atom. The van der Waals surface area contributed by atoms with E-state index in [1.165, 1.54) is 0 Å². The molecule has 7 N–H and O–H groups in total. The molecule has 2 radical (unpaired) electrons. The maximum atomic E-state index is 0. The molecule has 0 aliphatic rings. The topological polar surface area (TPSA) is 210 Å². The second-order valence-corrected chi connectivity index (χ2v) is 0. The molecule has 0 aromatic carbocycles. The van der Waals surface area contributed by atoms with Gasteiger partial charge in [0.25, 0.3) is 0 Å². The smallest absolute Gasteiger partial charge is 0.870 e. The number of hydrogen-bond acceptors (Lipinski definition) is 7. The van der Waals surface area contributed by atoms with E-state index in [1.54, 1.807) is 0 Å². The zero-order chi connectivity index (χ0) is 0. The van der Waals surface area contributed by atoms with Crippen molar-refractivity contribution in [2.45, 2.75) is 0 Å². The van der Waals surface area contributed by atoms with Crippen molar-refractivity contribution in [2.75, 3.05) is 0 Å². The third-order valence-electron chi connectivity index (χ3n) is 0. The Balaban J connectivity index is 0. The standard InChI is InChI=1S/Ce.Co.Ni.7H2O/h;;;7*1H2/q+3;2*+2;;;;;;;/p-7. The Morgan fingerprint density at radius 3 is 0.400 bits per heavy atom. The summed E-state index contributed by atoms with van der Waals surface area (Å²) >= 11 is 0. The monoisotopic (exact) mass is 376 g/mol. The van der Waals surface area contributed by atoms with Crippen molar-refractivity contribution in [3.8, 4) is 0 Å². The summed E-state index contributed by atoms with van der Waals surface area (Å²) in [5.41, 5.74) is 0. The summed E-state index contributed by atoms with van der Waals surface area (Å²) in [5.74, 6) is 0. The zero-order valence-corrected chi connectivity index (χ0v) is 9.45. The Hall–Kier alpha value is 2.10. The minimum absolute atomic E-state index is 0. The van der Waals surface area contributed by atoms with E-state index >= 15 is 0 Å². The molecule has 0 spiro atoms. The summed E-state index contributed by atoms with van der Waals surface area (Å²) in [4.78, 5) is 0. The molecular weight excluding hydrogens is 370 g/mol. The van der Waals surface area contributed by atoms with Gasteiger partial charge in [0.15, 0.2) is 0 Å². The van der Waals surface area contributed by atoms with E-state index in [2.05, 4.69) is 0 Å². The van der Waals surface area contributed by atoms with Crippen molar-refractivity contribution < 1.29 is 113 Å². The predicted molar refractivity (Wildman–Crippen MR) is 13.6 cm³/mol. The molecule has 0 heterocycles. The zero-order valence-electron chi connectivity index (χ0n) is 4.28. The number of rotatable bonds is 0. The van der Waals surface area contributed by atoms with E-state index in [0.717, 1.165) is 0 Å². The normalized spacial score (nSPS) is 0. The first-order valence-corrected chi connectivity index (χ1v) is 0. The maximum absolute atomic E-state index is 0. The second-order valence-electron chi connectivity index (χ2n) is 0. The fraction of sp³-hybridized carbons (Fsp3) is 0. The molecule has 0 aliphatic carbocycles. The summed E-state index contributed by atoms with van der Waals surface area (Å²) in [6.45, 7) is 0. The van der Waals surface area contributed by atoms with Gasteiger partial charge < -0.3 is 38.3 Å². The van der Waals surface area contributed by atoms with E-state index in [9.17, 15) is 0 Å². The summed E-state index contributed by atoms with van der Waals surface area (Å²) in [6.07, 6.45) is 0. The van der Waals surface area contributed by atoms with Crippen LogP contribution in [0.2, 0.25) is 0 Å². The van der Waals surface area contributed by atoms with Crippen molar-refractivity contribution in [3.05, 3.63) is 0 Å². The van der Waals surface area contributed by atoms with Crippen LogP contribution in [0.5, 0.6) is 0 Å². The minimum atomic E-state index is 0. The second kappa shape index (κ2) is 257. The molecule has 10 heavy (non-hydrogen) atoms. The van der Waals surface area contributed by atoms with Crippen LogP contribution in [0.15, 0.2) is 0 Å². The van der Waals surface area contributed by atoms with Crippen LogP contribution >= 0.6 is 0 Å². The van der Waals surface area contributed by atoms with Gasteiger partial charge in [0.05, 0.1) is 0 Å². The van der Waals surface area contributed by atoms with Gasteiger partial charge in [0, 0.05) is 0 Å². The summed E-state index contributed by atoms with van der Waals surface area (Å²) in [7, 11) is 0. The van der Waals surface area contributed by atoms with Gasteiger partial charge in [-0.05, 0) is 0 Å². The molecule has 0 saturated carbocycles. The molecule has 7 nitrogen and oxygen atoms in total. The molecule has 0 rings (SSSR count). The predicted octanol–water partition coefficient (Wildman–Crippen LogP) is -1.24. The first-order valence-electron chi connectivity index (χ1n) is 0. The summed E-state index contributed by atoms with van der Waals surface area (Å²) in [5, 5.41) is 0. The Kier molecular flexibility index (Phi) is 8720. The average Bonchev–Trinajstić information content (AvgIpc) is 0. The molecule has 0 aromatic rings. The first kappa shape index (κ1) is 339. The van der Waals surface area contributed by atoms with Crippen LogP contribution in [0.4, 0.5) is 0 Å². The van der Waals surface area contributed by atoms with Crippen molar-refractivity contribution in [2.24, 2.45) is 0 Å². The third-order valence-corrected chi connectivity index (χ3v) is 0. The van der Waals surface area contributed by atoms with Crippen LogP contribution in [0.3, 0.4) is 0 Å². The number of hydrogen-bond donors (Lipinski definition) is 0. The van der Waals surface area contributed by atoms with Crippen LogP contribution in [0.25, 0.3) is 0 Å². The Labute approximate surface area is 112 Å². The van der Waals surface area contributed by atoms with Crippen LogP contribution in [-0.2, 0) is 33.3 Å². The van der Waals surface area contributed by atoms with Crippen molar-refractivity contribution >= 4 is 0 Å². The molecule has 10 heteroatoms. The Bertz CT molecular complexity index is 13.6. The van der Waals surface area contributed by atoms with Gasteiger partial charge in [-0.2, -0.15) is 0 Å². The van der Waals surface area contributed by atoms with Gasteiger partial charge in [-0.3, -0.25) is 0 Å². The van der Waals surface area contributed by atoms with Crippen LogP contribution < -0.4 is 0 Å². The molecule has 0 bridgehead atoms. The summed E-state index contributed by atoms with van der Waals surface area (Å²) in [6, 6.07) is 0. The van der Waals surface area contributed by atoms with Gasteiger partial charge in [-0.15, -0.1) is 0 Å². The van der Waals surface area contributed by atoms with Gasteiger partial charge in [0.1, 0.15) is 0 Å². The minimum Gasteiger partial charge on any atom is -0.870 e. The largest absolute Gasteiger partial charge is 3.00 e. The molecular formula is H7CeCoNiO7. The van der Waals surface area contributed by atoms with Gasteiger partial charge in [0.2, 0.25) is 0 Å². The van der Waals surface area contributed by atoms with Crippen LogP contribution in [-0.4, -0.2) is 38.3 Å². The fourth-order valence-electron chi connectivity index (χ4n) is 0. The molecule has 0 unspecified atom stereocenters. The molecule has 72 valence electrons. The fourth-order valence-corrected chi connectivity index (χ4v) is 0. The molecule has 0 fully saturated rings. The first-order chi connectivity index (χ1) is 0. The van der Waals surface area contributed by atoms with Crippen molar-refractivity contribution in [1.82, 2.24) is 0 Å². The van der Waals surface area contributed by atoms with E-state index < -0.39 is 0 Å². The van der Waals surface area contributed by atoms with E-state index in [1.807, 2.05) is 0 Å². The van der Waals surface area contributed by atoms with Crippen molar-refractivity contribution in [1.29, 1.82) is 0 Å².